The molecule has 0 fully saturated rings. The first-order valence-electron chi connectivity index (χ1n) is 6.43. The molecule has 0 aliphatic heterocycles. The van der Waals surface area contributed by atoms with Gasteiger partial charge >= 0.3 is 0 Å². The normalized spacial score (nSPS) is 14.0. The summed E-state index contributed by atoms with van der Waals surface area (Å²) in [5.74, 6) is 0.663. The van der Waals surface area contributed by atoms with Crippen molar-refractivity contribution in [3.63, 3.8) is 0 Å². The molecule has 0 saturated carbocycles. The summed E-state index contributed by atoms with van der Waals surface area (Å²) in [6.45, 7) is 4.60. The van der Waals surface area contributed by atoms with Crippen LogP contribution in [0.15, 0.2) is 5.11 Å². The van der Waals surface area contributed by atoms with Crippen molar-refractivity contribution in [2.24, 2.45) is 5.11 Å². The number of thioether (sulfide) groups is 1. The zero-order chi connectivity index (χ0) is 16.1. The van der Waals surface area contributed by atoms with Gasteiger partial charge in [-0.15, -0.1) is 23.1 Å². The maximum absolute atomic E-state index is 12.1. The molecule has 0 aromatic rings. The third-order valence-electron chi connectivity index (χ3n) is 2.59. The molecule has 0 rings (SSSR count). The van der Waals surface area contributed by atoms with Gasteiger partial charge in [-0.1, -0.05) is 12.0 Å². The van der Waals surface area contributed by atoms with Gasteiger partial charge in [0.2, 0.25) is 5.91 Å². The van der Waals surface area contributed by atoms with E-state index in [0.717, 1.165) is 5.75 Å². The Morgan fingerprint density at radius 1 is 1.71 bits per heavy atom. The number of carbonyl (C=O) groups excluding carboxylic acids is 1. The van der Waals surface area contributed by atoms with Crippen LogP contribution >= 0.6 is 35.3 Å². The lowest BCUT2D eigenvalue weighted by atomic mass is 10.1. The highest BCUT2D eigenvalue weighted by Crippen LogP contribution is 2.31. The van der Waals surface area contributed by atoms with Crippen molar-refractivity contribution in [3.05, 3.63) is 10.4 Å². The lowest BCUT2D eigenvalue weighted by Gasteiger charge is -2.23. The van der Waals surface area contributed by atoms with Crippen LogP contribution in [0.4, 0.5) is 0 Å². The van der Waals surface area contributed by atoms with Gasteiger partial charge in [0, 0.05) is 18.0 Å². The van der Waals surface area contributed by atoms with E-state index in [1.807, 2.05) is 13.8 Å². The molecule has 0 radical (unpaired) electrons. The van der Waals surface area contributed by atoms with E-state index in [0.29, 0.717) is 37.3 Å². The number of hydrogen-bond donors (Lipinski definition) is 2. The fourth-order valence-electron chi connectivity index (χ4n) is 1.61. The van der Waals surface area contributed by atoms with Gasteiger partial charge in [-0.3, -0.25) is 4.79 Å². The molecular weight excluding hydrogens is 326 g/mol. The zero-order valence-electron chi connectivity index (χ0n) is 12.1. The number of rotatable bonds is 10. The van der Waals surface area contributed by atoms with E-state index in [9.17, 15) is 10.1 Å². The summed E-state index contributed by atoms with van der Waals surface area (Å²) in [5, 5.41) is 15.1. The average molecular weight is 346 g/mol. The van der Waals surface area contributed by atoms with Gasteiger partial charge in [-0.25, -0.2) is 0 Å². The van der Waals surface area contributed by atoms with Gasteiger partial charge in [0.15, 0.2) is 0 Å². The van der Waals surface area contributed by atoms with Crippen molar-refractivity contribution in [2.45, 2.75) is 36.7 Å². The zero-order valence-corrected chi connectivity index (χ0v) is 14.6. The van der Waals surface area contributed by atoms with Crippen LogP contribution in [0.1, 0.15) is 26.7 Å². The number of thiol groups is 1. The molecular formula is C12H19N5OS3. The summed E-state index contributed by atoms with van der Waals surface area (Å²) in [6, 6.07) is 2.27. The number of nitrogens with one attached hydrogen (secondary N) is 1. The minimum absolute atomic E-state index is 0.145. The predicted molar refractivity (Wildman–Crippen MR) is 93.8 cm³/mol. The predicted octanol–water partition coefficient (Wildman–Crippen LogP) is 2.90. The van der Waals surface area contributed by atoms with Crippen molar-refractivity contribution >= 4 is 45.6 Å². The summed E-state index contributed by atoms with van der Waals surface area (Å²) in [7, 11) is 0. The molecule has 0 saturated heterocycles. The summed E-state index contributed by atoms with van der Waals surface area (Å²) < 4.78 is 1.95. The highest BCUT2D eigenvalue weighted by atomic mass is 32.2. The summed E-state index contributed by atoms with van der Waals surface area (Å²) in [4.78, 5) is 14.8. The fraction of sp³-hybridized carbons (Fsp3) is 0.750. The Morgan fingerprint density at radius 3 is 2.95 bits per heavy atom. The fourth-order valence-corrected chi connectivity index (χ4v) is 3.89. The van der Waals surface area contributed by atoms with E-state index in [4.69, 9.17) is 17.7 Å². The lowest BCUT2D eigenvalue weighted by molar-refractivity contribution is -0.120. The highest BCUT2D eigenvalue weighted by Gasteiger charge is 2.30. The lowest BCUT2D eigenvalue weighted by Crippen LogP contribution is -2.37. The van der Waals surface area contributed by atoms with Crippen molar-refractivity contribution in [1.82, 2.24) is 5.32 Å². The molecule has 1 N–H and O–H groups in total. The van der Waals surface area contributed by atoms with E-state index >= 15 is 0 Å². The average Bonchev–Trinajstić information content (AvgIpc) is 2.46. The maximum Gasteiger partial charge on any atom is 0.233 e. The van der Waals surface area contributed by atoms with E-state index in [-0.39, 0.29) is 11.2 Å². The highest BCUT2D eigenvalue weighted by molar-refractivity contribution is 8.06. The van der Waals surface area contributed by atoms with Crippen LogP contribution in [0.25, 0.3) is 10.4 Å². The van der Waals surface area contributed by atoms with Gasteiger partial charge < -0.3 is 5.32 Å². The largest absolute Gasteiger partial charge is 0.355 e. The third-order valence-corrected chi connectivity index (χ3v) is 4.92. The molecule has 21 heavy (non-hydrogen) atoms. The molecule has 0 spiro atoms. The third kappa shape index (κ3) is 8.76. The molecule has 0 aliphatic rings. The van der Waals surface area contributed by atoms with Crippen LogP contribution in [-0.2, 0) is 4.79 Å². The monoisotopic (exact) mass is 345 g/mol. The van der Waals surface area contributed by atoms with Crippen LogP contribution < -0.4 is 5.32 Å². The summed E-state index contributed by atoms with van der Waals surface area (Å²) >= 11 is 6.85. The van der Waals surface area contributed by atoms with Crippen LogP contribution in [0.5, 0.6) is 0 Å². The molecule has 0 aromatic heterocycles. The molecule has 116 valence electrons. The molecule has 2 unspecified atom stereocenters. The van der Waals surface area contributed by atoms with E-state index in [1.54, 1.807) is 0 Å². The van der Waals surface area contributed by atoms with Crippen LogP contribution in [0.3, 0.4) is 0 Å². The standard InChI is InChI=1S/C12H19N5OS3/c1-3-21-12(2,8-13)7-10(20-9-19)11(18)15-5-4-6-16-17-14/h10,20H,3-7H2,1-2H3,(H,15,18). The van der Waals surface area contributed by atoms with Crippen molar-refractivity contribution < 1.29 is 4.79 Å². The second-order valence-electron chi connectivity index (χ2n) is 4.32. The van der Waals surface area contributed by atoms with Crippen LogP contribution in [-0.4, -0.2) is 39.1 Å². The number of nitrogens with zero attached hydrogens (tertiary/aromatic N) is 4. The SMILES string of the molecule is CCSC(C)(C#N)CC([SH]=C=S)C(=O)NCCCN=[N+]=[N-]. The first-order valence-corrected chi connectivity index (χ1v) is 8.79. The van der Waals surface area contributed by atoms with E-state index in [1.165, 1.54) is 11.8 Å². The van der Waals surface area contributed by atoms with Gasteiger partial charge in [0.1, 0.15) is 4.75 Å². The molecule has 0 bridgehead atoms. The number of thiocarbonyl (C=S) groups is 1. The van der Waals surface area contributed by atoms with Crippen molar-refractivity contribution in [1.29, 1.82) is 5.26 Å². The Balaban J connectivity index is 4.60. The minimum Gasteiger partial charge on any atom is -0.355 e. The summed E-state index contributed by atoms with van der Waals surface area (Å²) in [5.41, 5.74) is 8.16. The number of azide groups is 1. The molecule has 0 aliphatic carbocycles. The Kier molecular flexibility index (Phi) is 11.0. The second kappa shape index (κ2) is 11.6. The molecule has 2 atom stereocenters. The number of hydrogen-bond acceptors (Lipinski definition) is 5. The topological polar surface area (TPSA) is 102 Å². The van der Waals surface area contributed by atoms with Crippen LogP contribution in [0.2, 0.25) is 0 Å². The minimum atomic E-state index is -0.610. The molecule has 0 aromatic carbocycles. The molecule has 1 amide bonds. The molecule has 0 heterocycles. The molecule has 9 heteroatoms. The second-order valence-corrected chi connectivity index (χ2v) is 7.69. The number of amides is 1. The van der Waals surface area contributed by atoms with Gasteiger partial charge in [0.05, 0.1) is 11.3 Å². The first-order chi connectivity index (χ1) is 10.0. The Labute approximate surface area is 138 Å². The number of nitriles is 1. The van der Waals surface area contributed by atoms with E-state index in [2.05, 4.69) is 25.7 Å². The Morgan fingerprint density at radius 2 is 2.43 bits per heavy atom. The van der Waals surface area contributed by atoms with Gasteiger partial charge in [-0.2, -0.15) is 5.26 Å². The number of carbonyl (C=O) groups is 1. The molecule has 6 nitrogen and oxygen atoms in total. The first kappa shape index (κ1) is 20.0. The van der Waals surface area contributed by atoms with Gasteiger partial charge in [-0.05, 0) is 47.6 Å². The quantitative estimate of drug-likeness (QED) is 0.159. The van der Waals surface area contributed by atoms with Crippen molar-refractivity contribution in [2.75, 3.05) is 18.8 Å². The summed E-state index contributed by atoms with van der Waals surface area (Å²) in [6.07, 6.45) is 1.01. The Hall–Kier alpha value is -1.03. The maximum atomic E-state index is 12.1. The smallest absolute Gasteiger partial charge is 0.233 e. The van der Waals surface area contributed by atoms with E-state index < -0.39 is 4.75 Å². The van der Waals surface area contributed by atoms with Crippen molar-refractivity contribution in [3.8, 4) is 6.07 Å². The Bertz CT molecular complexity index is 480. The van der Waals surface area contributed by atoms with Crippen LogP contribution in [0, 0.1) is 11.3 Å². The van der Waals surface area contributed by atoms with Gasteiger partial charge in [0.25, 0.3) is 0 Å².